The Bertz CT molecular complexity index is 1030. The number of rotatable bonds is 2. The van der Waals surface area contributed by atoms with E-state index in [0.717, 1.165) is 33.4 Å². The topological polar surface area (TPSA) is 81.4 Å². The van der Waals surface area contributed by atoms with Gasteiger partial charge < -0.3 is 13.9 Å². The van der Waals surface area contributed by atoms with Crippen molar-refractivity contribution in [2.24, 2.45) is 7.05 Å². The van der Waals surface area contributed by atoms with Crippen molar-refractivity contribution < 1.29 is 18.7 Å². The lowest BCUT2D eigenvalue weighted by molar-refractivity contribution is 0.0689. The summed E-state index contributed by atoms with van der Waals surface area (Å²) in [4.78, 5) is 11.2. The first-order chi connectivity index (χ1) is 10.9. The number of hydrogen-bond donors (Lipinski definition) is 1. The summed E-state index contributed by atoms with van der Waals surface area (Å²) < 4.78 is 13.2. The summed E-state index contributed by atoms with van der Waals surface area (Å²) in [5, 5.41) is 15.0. The molecule has 116 valence electrons. The van der Waals surface area contributed by atoms with E-state index in [4.69, 9.17) is 8.83 Å². The van der Waals surface area contributed by atoms with E-state index in [-0.39, 0.29) is 5.69 Å². The Hall–Kier alpha value is -3.02. The van der Waals surface area contributed by atoms with Crippen LogP contribution in [-0.4, -0.2) is 20.9 Å². The summed E-state index contributed by atoms with van der Waals surface area (Å²) in [7, 11) is 1.72. The molecular weight excluding hydrogens is 296 g/mol. The van der Waals surface area contributed by atoms with Crippen molar-refractivity contribution in [2.75, 3.05) is 0 Å². The van der Waals surface area contributed by atoms with Crippen LogP contribution in [0.15, 0.2) is 33.1 Å². The molecule has 4 rings (SSSR count). The Morgan fingerprint density at radius 2 is 1.87 bits per heavy atom. The molecule has 4 aromatic rings. The van der Waals surface area contributed by atoms with Crippen LogP contribution in [-0.2, 0) is 7.05 Å². The summed E-state index contributed by atoms with van der Waals surface area (Å²) >= 11 is 0. The normalized spacial score (nSPS) is 11.6. The third-order valence-electron chi connectivity index (χ3n) is 3.91. The Morgan fingerprint density at radius 1 is 1.13 bits per heavy atom. The van der Waals surface area contributed by atoms with E-state index in [1.165, 1.54) is 0 Å². The van der Waals surface area contributed by atoms with Crippen molar-refractivity contribution in [1.29, 1.82) is 0 Å². The zero-order chi connectivity index (χ0) is 16.3. The van der Waals surface area contributed by atoms with E-state index < -0.39 is 5.97 Å². The number of carbonyl (C=O) groups is 1. The van der Waals surface area contributed by atoms with Gasteiger partial charge in [0.1, 0.15) is 22.7 Å². The Balaban J connectivity index is 2.16. The highest BCUT2D eigenvalue weighted by atomic mass is 16.4. The second-order valence-corrected chi connectivity index (χ2v) is 5.64. The van der Waals surface area contributed by atoms with Crippen LogP contribution in [0.1, 0.15) is 22.0 Å². The van der Waals surface area contributed by atoms with Crippen molar-refractivity contribution in [3.63, 3.8) is 0 Å². The maximum Gasteiger partial charge on any atom is 0.356 e. The molecule has 6 heteroatoms. The van der Waals surface area contributed by atoms with Gasteiger partial charge in [-0.3, -0.25) is 4.68 Å². The second-order valence-electron chi connectivity index (χ2n) is 5.64. The highest BCUT2D eigenvalue weighted by Crippen LogP contribution is 2.39. The molecule has 1 N–H and O–H groups in total. The summed E-state index contributed by atoms with van der Waals surface area (Å²) in [5.41, 5.74) is 2.91. The van der Waals surface area contributed by atoms with Crippen molar-refractivity contribution in [3.8, 4) is 11.3 Å². The molecule has 0 unspecified atom stereocenters. The number of hydrogen-bond acceptors (Lipinski definition) is 4. The fourth-order valence-electron chi connectivity index (χ4n) is 2.99. The van der Waals surface area contributed by atoms with Crippen molar-refractivity contribution in [1.82, 2.24) is 9.78 Å². The minimum atomic E-state index is -1.06. The third kappa shape index (κ3) is 1.95. The molecule has 3 aromatic heterocycles. The molecule has 0 radical (unpaired) electrons. The van der Waals surface area contributed by atoms with E-state index in [2.05, 4.69) is 5.10 Å². The van der Waals surface area contributed by atoms with Crippen LogP contribution in [0, 0.1) is 13.8 Å². The molecule has 0 saturated carbocycles. The lowest BCUT2D eigenvalue weighted by atomic mass is 10.0. The van der Waals surface area contributed by atoms with Crippen LogP contribution in [0.2, 0.25) is 0 Å². The number of aromatic carboxylic acids is 1. The summed E-state index contributed by atoms with van der Waals surface area (Å²) in [5.74, 6) is 0.506. The minimum Gasteiger partial charge on any atom is -0.476 e. The van der Waals surface area contributed by atoms with Gasteiger partial charge in [-0.25, -0.2) is 4.79 Å². The predicted molar refractivity (Wildman–Crippen MR) is 84.6 cm³/mol. The van der Waals surface area contributed by atoms with Gasteiger partial charge in [0.15, 0.2) is 5.69 Å². The molecule has 0 aliphatic carbocycles. The third-order valence-corrected chi connectivity index (χ3v) is 3.91. The molecular formula is C17H14N2O4. The number of carboxylic acid groups (broad SMARTS) is 1. The number of nitrogens with zero attached hydrogens (tertiary/aromatic N) is 2. The van der Waals surface area contributed by atoms with Gasteiger partial charge in [0.2, 0.25) is 0 Å². The largest absolute Gasteiger partial charge is 0.476 e. The lowest BCUT2D eigenvalue weighted by Gasteiger charge is -2.04. The number of carboxylic acids is 1. The van der Waals surface area contributed by atoms with E-state index >= 15 is 0 Å². The Morgan fingerprint density at radius 3 is 2.57 bits per heavy atom. The van der Waals surface area contributed by atoms with E-state index in [9.17, 15) is 9.90 Å². The van der Waals surface area contributed by atoms with Crippen molar-refractivity contribution in [2.45, 2.75) is 13.8 Å². The SMILES string of the molecule is Cc1cc2c(-c3cc(C(=O)O)nn3C)c3oc(C)cc3cc2o1. The standard InChI is InChI=1S/C17H14N2O4/c1-8-4-10-6-14-11(5-9(2)22-14)15(16(10)23-8)13-7-12(17(20)21)18-19(13)3/h4-7H,1-3H3,(H,20,21). The van der Waals surface area contributed by atoms with Gasteiger partial charge >= 0.3 is 5.97 Å². The zero-order valence-corrected chi connectivity index (χ0v) is 12.9. The Kier molecular flexibility index (Phi) is 2.66. The molecule has 0 bridgehead atoms. The first kappa shape index (κ1) is 13.6. The van der Waals surface area contributed by atoms with Crippen LogP contribution in [0.5, 0.6) is 0 Å². The molecule has 0 spiro atoms. The van der Waals surface area contributed by atoms with Crippen LogP contribution in [0.4, 0.5) is 0 Å². The number of aryl methyl sites for hydroxylation is 3. The monoisotopic (exact) mass is 310 g/mol. The molecule has 6 nitrogen and oxygen atoms in total. The highest BCUT2D eigenvalue weighted by Gasteiger charge is 2.21. The molecule has 1 aromatic carbocycles. The first-order valence-corrected chi connectivity index (χ1v) is 7.15. The maximum absolute atomic E-state index is 11.2. The predicted octanol–water partition coefficient (Wildman–Crippen LogP) is 3.89. The molecule has 0 fully saturated rings. The average molecular weight is 310 g/mol. The summed E-state index contributed by atoms with van der Waals surface area (Å²) in [6.45, 7) is 3.76. The number of furan rings is 2. The minimum absolute atomic E-state index is 0.00357. The summed E-state index contributed by atoms with van der Waals surface area (Å²) in [6.07, 6.45) is 0. The maximum atomic E-state index is 11.2. The fourth-order valence-corrected chi connectivity index (χ4v) is 2.99. The fraction of sp³-hybridized carbons (Fsp3) is 0.176. The van der Waals surface area contributed by atoms with Gasteiger partial charge in [-0.1, -0.05) is 0 Å². The highest BCUT2D eigenvalue weighted by molar-refractivity contribution is 6.09. The van der Waals surface area contributed by atoms with Crippen LogP contribution in [0.25, 0.3) is 33.2 Å². The van der Waals surface area contributed by atoms with Gasteiger partial charge in [0, 0.05) is 17.8 Å². The zero-order valence-electron chi connectivity index (χ0n) is 12.9. The smallest absolute Gasteiger partial charge is 0.356 e. The van der Waals surface area contributed by atoms with Gasteiger partial charge in [-0.2, -0.15) is 5.10 Å². The van der Waals surface area contributed by atoms with E-state index in [1.807, 2.05) is 32.0 Å². The van der Waals surface area contributed by atoms with Crippen LogP contribution in [0.3, 0.4) is 0 Å². The van der Waals surface area contributed by atoms with Crippen LogP contribution >= 0.6 is 0 Å². The Labute approximate surface area is 130 Å². The van der Waals surface area contributed by atoms with E-state index in [0.29, 0.717) is 11.3 Å². The quantitative estimate of drug-likeness (QED) is 0.607. The van der Waals surface area contributed by atoms with Crippen molar-refractivity contribution >= 4 is 27.9 Å². The molecule has 0 amide bonds. The molecule has 0 atom stereocenters. The molecule has 0 aliphatic heterocycles. The van der Waals surface area contributed by atoms with Gasteiger partial charge in [-0.05, 0) is 38.1 Å². The molecule has 0 saturated heterocycles. The molecule has 0 aliphatic rings. The number of benzene rings is 1. The molecule has 3 heterocycles. The number of fused-ring (bicyclic) bond motifs is 2. The van der Waals surface area contributed by atoms with Crippen molar-refractivity contribution in [3.05, 3.63) is 41.5 Å². The lowest BCUT2D eigenvalue weighted by Crippen LogP contribution is -1.99. The average Bonchev–Trinajstić information content (AvgIpc) is 3.12. The van der Waals surface area contributed by atoms with Gasteiger partial charge in [-0.15, -0.1) is 0 Å². The summed E-state index contributed by atoms with van der Waals surface area (Å²) in [6, 6.07) is 7.35. The first-order valence-electron chi connectivity index (χ1n) is 7.15. The van der Waals surface area contributed by atoms with E-state index in [1.54, 1.807) is 17.8 Å². The van der Waals surface area contributed by atoms with Gasteiger partial charge in [0.25, 0.3) is 0 Å². The molecule has 23 heavy (non-hydrogen) atoms. The number of aromatic nitrogens is 2. The van der Waals surface area contributed by atoms with Gasteiger partial charge in [0.05, 0.1) is 11.3 Å². The van der Waals surface area contributed by atoms with Crippen LogP contribution < -0.4 is 0 Å². The second kappa shape index (κ2) is 4.49.